The lowest BCUT2D eigenvalue weighted by Crippen LogP contribution is -2.38. The first-order valence-corrected chi connectivity index (χ1v) is 10.2. The summed E-state index contributed by atoms with van der Waals surface area (Å²) in [6.45, 7) is 11.9. The second-order valence-corrected chi connectivity index (χ2v) is 6.74. The normalized spacial score (nSPS) is 14.4. The maximum absolute atomic E-state index is 5.37. The molecule has 1 aromatic rings. The van der Waals surface area contributed by atoms with Gasteiger partial charge in [-0.25, -0.2) is 0 Å². The van der Waals surface area contributed by atoms with Crippen LogP contribution in [0.5, 0.6) is 0 Å². The minimum absolute atomic E-state index is 0. The minimum Gasteiger partial charge on any atom is -0.382 e. The van der Waals surface area contributed by atoms with Crippen molar-refractivity contribution in [2.24, 2.45) is 4.99 Å². The molecule has 1 aliphatic rings. The van der Waals surface area contributed by atoms with Crippen LogP contribution in [0.4, 0.5) is 0 Å². The van der Waals surface area contributed by atoms with Gasteiger partial charge >= 0.3 is 0 Å². The number of benzene rings is 1. The van der Waals surface area contributed by atoms with Crippen molar-refractivity contribution in [3.63, 3.8) is 0 Å². The van der Waals surface area contributed by atoms with Gasteiger partial charge in [-0.3, -0.25) is 9.89 Å². The molecule has 154 valence electrons. The number of ether oxygens (including phenoxy) is 1. The van der Waals surface area contributed by atoms with Crippen molar-refractivity contribution in [1.82, 2.24) is 15.5 Å². The minimum atomic E-state index is 0. The van der Waals surface area contributed by atoms with E-state index in [1.165, 1.54) is 24.1 Å². The van der Waals surface area contributed by atoms with E-state index in [1.54, 1.807) is 0 Å². The van der Waals surface area contributed by atoms with Gasteiger partial charge in [0.25, 0.3) is 0 Å². The zero-order chi connectivity index (χ0) is 18.5. The summed E-state index contributed by atoms with van der Waals surface area (Å²) < 4.78 is 5.37. The Morgan fingerprint density at radius 2 is 1.93 bits per heavy atom. The predicted octanol–water partition coefficient (Wildman–Crippen LogP) is 3.42. The highest BCUT2D eigenvalue weighted by atomic mass is 127. The van der Waals surface area contributed by atoms with Crippen LogP contribution in [-0.2, 0) is 17.7 Å². The average Bonchev–Trinajstić information content (AvgIpc) is 2.67. The Morgan fingerprint density at radius 3 is 2.70 bits per heavy atom. The molecule has 0 fully saturated rings. The van der Waals surface area contributed by atoms with Crippen LogP contribution in [0.1, 0.15) is 44.2 Å². The zero-order valence-electron chi connectivity index (χ0n) is 17.0. The Balaban J connectivity index is 0.00000364. The molecule has 1 heterocycles. The van der Waals surface area contributed by atoms with Gasteiger partial charge in [-0.15, -0.1) is 24.0 Å². The van der Waals surface area contributed by atoms with Crippen LogP contribution < -0.4 is 10.6 Å². The summed E-state index contributed by atoms with van der Waals surface area (Å²) in [5.74, 6) is 0.938. The van der Waals surface area contributed by atoms with E-state index >= 15 is 0 Å². The Kier molecular flexibility index (Phi) is 13.5. The molecule has 0 radical (unpaired) electrons. The molecule has 27 heavy (non-hydrogen) atoms. The van der Waals surface area contributed by atoms with Crippen LogP contribution in [0.3, 0.4) is 0 Å². The Hall–Kier alpha value is -0.860. The van der Waals surface area contributed by atoms with Gasteiger partial charge in [0.1, 0.15) is 0 Å². The van der Waals surface area contributed by atoms with Crippen LogP contribution in [0.15, 0.2) is 29.3 Å². The van der Waals surface area contributed by atoms with E-state index < -0.39 is 0 Å². The van der Waals surface area contributed by atoms with E-state index in [0.717, 1.165) is 71.2 Å². The second kappa shape index (κ2) is 15.1. The number of fused-ring (bicyclic) bond motifs is 1. The van der Waals surface area contributed by atoms with Crippen LogP contribution in [0, 0.1) is 0 Å². The van der Waals surface area contributed by atoms with Crippen molar-refractivity contribution in [1.29, 1.82) is 0 Å². The van der Waals surface area contributed by atoms with Gasteiger partial charge in [0.2, 0.25) is 0 Å². The number of halogens is 1. The molecule has 0 saturated carbocycles. The lowest BCUT2D eigenvalue weighted by molar-refractivity contribution is 0.143. The van der Waals surface area contributed by atoms with Gasteiger partial charge < -0.3 is 15.4 Å². The van der Waals surface area contributed by atoms with Crippen LogP contribution in [-0.4, -0.2) is 56.8 Å². The van der Waals surface area contributed by atoms with E-state index in [1.807, 2.05) is 6.92 Å². The van der Waals surface area contributed by atoms with Gasteiger partial charge in [0, 0.05) is 52.5 Å². The maximum Gasteiger partial charge on any atom is 0.191 e. The molecule has 1 aliphatic heterocycles. The molecule has 5 nitrogen and oxygen atoms in total. The molecule has 1 aromatic carbocycles. The van der Waals surface area contributed by atoms with Crippen molar-refractivity contribution < 1.29 is 4.74 Å². The molecule has 0 saturated heterocycles. The van der Waals surface area contributed by atoms with E-state index in [-0.39, 0.29) is 24.0 Å². The first-order valence-electron chi connectivity index (χ1n) is 10.2. The van der Waals surface area contributed by atoms with Gasteiger partial charge in [0.15, 0.2) is 5.96 Å². The van der Waals surface area contributed by atoms with Gasteiger partial charge in [-0.2, -0.15) is 0 Å². The molecule has 0 bridgehead atoms. The van der Waals surface area contributed by atoms with Gasteiger partial charge in [-0.1, -0.05) is 24.3 Å². The fraction of sp³-hybridized carbons (Fsp3) is 0.667. The Bertz CT molecular complexity index is 539. The molecule has 0 atom stereocenters. The highest BCUT2D eigenvalue weighted by Crippen LogP contribution is 2.18. The van der Waals surface area contributed by atoms with Crippen molar-refractivity contribution >= 4 is 29.9 Å². The Labute approximate surface area is 182 Å². The number of unbranched alkanes of at least 4 members (excludes halogenated alkanes) is 1. The number of guanidine groups is 1. The highest BCUT2D eigenvalue weighted by Gasteiger charge is 2.14. The lowest BCUT2D eigenvalue weighted by Gasteiger charge is -2.28. The zero-order valence-corrected chi connectivity index (χ0v) is 19.3. The summed E-state index contributed by atoms with van der Waals surface area (Å²) in [5, 5.41) is 6.75. The smallest absolute Gasteiger partial charge is 0.191 e. The lowest BCUT2D eigenvalue weighted by atomic mass is 10.00. The third-order valence-electron chi connectivity index (χ3n) is 4.67. The predicted molar refractivity (Wildman–Crippen MR) is 125 cm³/mol. The van der Waals surface area contributed by atoms with Gasteiger partial charge in [-0.05, 0) is 50.7 Å². The highest BCUT2D eigenvalue weighted by molar-refractivity contribution is 14.0. The summed E-state index contributed by atoms with van der Waals surface area (Å²) in [6, 6.07) is 8.82. The number of rotatable bonds is 11. The van der Waals surface area contributed by atoms with Crippen LogP contribution in [0.25, 0.3) is 0 Å². The molecule has 2 N–H and O–H groups in total. The van der Waals surface area contributed by atoms with E-state index in [0.29, 0.717) is 0 Å². The summed E-state index contributed by atoms with van der Waals surface area (Å²) in [4.78, 5) is 7.26. The van der Waals surface area contributed by atoms with E-state index in [2.05, 4.69) is 46.7 Å². The SMILES string of the molecule is CCNC(=NCCCN1CCc2ccccc2C1)NCCCCOCC.I. The van der Waals surface area contributed by atoms with Crippen LogP contribution in [0.2, 0.25) is 0 Å². The molecule has 2 rings (SSSR count). The molecule has 0 aliphatic carbocycles. The quantitative estimate of drug-likeness (QED) is 0.217. The van der Waals surface area contributed by atoms with Crippen molar-refractivity contribution in [3.8, 4) is 0 Å². The molecule has 6 heteroatoms. The van der Waals surface area contributed by atoms with E-state index in [9.17, 15) is 0 Å². The number of hydrogen-bond acceptors (Lipinski definition) is 3. The van der Waals surface area contributed by atoms with Gasteiger partial charge in [0.05, 0.1) is 0 Å². The molecular weight excluding hydrogens is 451 g/mol. The Morgan fingerprint density at radius 1 is 1.11 bits per heavy atom. The third-order valence-corrected chi connectivity index (χ3v) is 4.67. The number of hydrogen-bond donors (Lipinski definition) is 2. The van der Waals surface area contributed by atoms with Crippen LogP contribution >= 0.6 is 24.0 Å². The molecule has 0 aromatic heterocycles. The topological polar surface area (TPSA) is 48.9 Å². The molecule has 0 spiro atoms. The first-order chi connectivity index (χ1) is 12.8. The summed E-state index contributed by atoms with van der Waals surface area (Å²) >= 11 is 0. The van der Waals surface area contributed by atoms with Crippen molar-refractivity contribution in [2.45, 2.75) is 46.1 Å². The van der Waals surface area contributed by atoms with Crippen molar-refractivity contribution in [3.05, 3.63) is 35.4 Å². The van der Waals surface area contributed by atoms with E-state index in [4.69, 9.17) is 9.73 Å². The monoisotopic (exact) mass is 488 g/mol. The first kappa shape index (κ1) is 24.2. The number of nitrogens with zero attached hydrogens (tertiary/aromatic N) is 2. The standard InChI is InChI=1S/C21H36N4O.HI/c1-3-22-21(23-13-7-8-17-26-4-2)24-14-9-15-25-16-12-19-10-5-6-11-20(19)18-25;/h5-6,10-11H,3-4,7-9,12-18H2,1-2H3,(H2,22,23,24);1H. The average molecular weight is 488 g/mol. The second-order valence-electron chi connectivity index (χ2n) is 6.74. The fourth-order valence-corrected chi connectivity index (χ4v) is 3.25. The number of nitrogens with one attached hydrogen (secondary N) is 2. The molecule has 0 amide bonds. The molecule has 0 unspecified atom stereocenters. The summed E-state index contributed by atoms with van der Waals surface area (Å²) in [7, 11) is 0. The maximum atomic E-state index is 5.37. The summed E-state index contributed by atoms with van der Waals surface area (Å²) in [5.41, 5.74) is 3.01. The summed E-state index contributed by atoms with van der Waals surface area (Å²) in [6.07, 6.45) is 4.47. The largest absolute Gasteiger partial charge is 0.382 e. The molecular formula is C21H37IN4O. The van der Waals surface area contributed by atoms with Crippen molar-refractivity contribution in [2.75, 3.05) is 45.9 Å². The fourth-order valence-electron chi connectivity index (χ4n) is 3.25. The third kappa shape index (κ3) is 9.76. The number of aliphatic imine (C=N–C) groups is 1.